The van der Waals surface area contributed by atoms with E-state index in [1.165, 1.54) is 30.3 Å². The Morgan fingerprint density at radius 1 is 1.00 bits per heavy atom. The first-order valence-electron chi connectivity index (χ1n) is 6.90. The van der Waals surface area contributed by atoms with Crippen molar-refractivity contribution in [3.8, 4) is 11.3 Å². The summed E-state index contributed by atoms with van der Waals surface area (Å²) in [6.45, 7) is 0. The molecule has 2 N–H and O–H groups in total. The Kier molecular flexibility index (Phi) is 4.17. The summed E-state index contributed by atoms with van der Waals surface area (Å²) in [6, 6.07) is 7.64. The molecule has 9 heteroatoms. The first-order valence-corrected chi connectivity index (χ1v) is 7.31. The number of benzene rings is 1. The van der Waals surface area contributed by atoms with E-state index in [9.17, 15) is 22.8 Å². The van der Waals surface area contributed by atoms with Gasteiger partial charge in [-0.15, -0.1) is 0 Å². The van der Waals surface area contributed by atoms with Crippen LogP contribution >= 0.6 is 12.2 Å². The summed E-state index contributed by atoms with van der Waals surface area (Å²) < 4.78 is 44.6. The number of rotatable bonds is 2. The molecule has 128 valence electrons. The highest BCUT2D eigenvalue weighted by Crippen LogP contribution is 2.37. The lowest BCUT2D eigenvalue weighted by atomic mass is 10.1. The maximum atomic E-state index is 13.1. The van der Waals surface area contributed by atoms with E-state index in [0.717, 1.165) is 12.1 Å². The minimum atomic E-state index is -4.54. The number of carbonyl (C=O) groups is 2. The smallest absolute Gasteiger partial charge is 0.417 e. The van der Waals surface area contributed by atoms with Crippen LogP contribution in [-0.2, 0) is 15.8 Å². The van der Waals surface area contributed by atoms with Crippen LogP contribution in [0.15, 0.2) is 46.4 Å². The van der Waals surface area contributed by atoms with Gasteiger partial charge in [0.2, 0.25) is 0 Å². The standard InChI is InChI=1S/C16H9F3N2O3S/c17-16(18,19)11-4-2-1-3-9(11)12-6-5-8(24-12)7-10-13(22)20-15(25)21-14(10)23/h1-7H,(H2,20,21,22,23,25). The van der Waals surface area contributed by atoms with Crippen molar-refractivity contribution in [1.82, 2.24) is 10.6 Å². The van der Waals surface area contributed by atoms with Crippen LogP contribution in [0.3, 0.4) is 0 Å². The van der Waals surface area contributed by atoms with Crippen LogP contribution < -0.4 is 10.6 Å². The van der Waals surface area contributed by atoms with Crippen molar-refractivity contribution < 1.29 is 27.2 Å². The Hall–Kier alpha value is -2.94. The molecule has 0 atom stereocenters. The molecule has 0 saturated carbocycles. The second-order valence-corrected chi connectivity index (χ2v) is 5.45. The summed E-state index contributed by atoms with van der Waals surface area (Å²) in [4.78, 5) is 23.5. The van der Waals surface area contributed by atoms with Crippen LogP contribution in [0.2, 0.25) is 0 Å². The van der Waals surface area contributed by atoms with E-state index in [1.807, 2.05) is 0 Å². The second kappa shape index (κ2) is 6.17. The van der Waals surface area contributed by atoms with Crippen molar-refractivity contribution in [3.63, 3.8) is 0 Å². The molecule has 2 heterocycles. The molecule has 0 radical (unpaired) electrons. The zero-order valence-electron chi connectivity index (χ0n) is 12.3. The minimum absolute atomic E-state index is 0.0353. The van der Waals surface area contributed by atoms with Gasteiger partial charge in [0.15, 0.2) is 5.11 Å². The van der Waals surface area contributed by atoms with Crippen LogP contribution in [0.4, 0.5) is 13.2 Å². The van der Waals surface area contributed by atoms with Crippen LogP contribution in [0, 0.1) is 0 Å². The Morgan fingerprint density at radius 3 is 2.28 bits per heavy atom. The summed E-state index contributed by atoms with van der Waals surface area (Å²) in [5.74, 6) is -1.42. The lowest BCUT2D eigenvalue weighted by molar-refractivity contribution is -0.137. The molecule has 0 aliphatic carbocycles. The topological polar surface area (TPSA) is 71.3 Å². The summed E-state index contributed by atoms with van der Waals surface area (Å²) in [6.07, 6.45) is -3.41. The molecule has 1 fully saturated rings. The molecule has 2 aromatic rings. The summed E-state index contributed by atoms with van der Waals surface area (Å²) in [5.41, 5.74) is -1.25. The molecule has 0 unspecified atom stereocenters. The van der Waals surface area contributed by atoms with Crippen molar-refractivity contribution in [2.75, 3.05) is 0 Å². The third-order valence-electron chi connectivity index (χ3n) is 3.35. The van der Waals surface area contributed by atoms with E-state index in [1.54, 1.807) is 0 Å². The van der Waals surface area contributed by atoms with Crippen LogP contribution in [0.1, 0.15) is 11.3 Å². The largest absolute Gasteiger partial charge is 0.457 e. The number of amides is 2. The molecular weight excluding hydrogens is 357 g/mol. The monoisotopic (exact) mass is 366 g/mol. The molecule has 2 amide bonds. The van der Waals surface area contributed by atoms with E-state index in [2.05, 4.69) is 22.9 Å². The van der Waals surface area contributed by atoms with Gasteiger partial charge in [0.05, 0.1) is 5.56 Å². The average Bonchev–Trinajstić information content (AvgIpc) is 2.98. The van der Waals surface area contributed by atoms with Gasteiger partial charge in [0.25, 0.3) is 11.8 Å². The predicted molar refractivity (Wildman–Crippen MR) is 86.0 cm³/mol. The van der Waals surface area contributed by atoms with Gasteiger partial charge in [-0.2, -0.15) is 13.2 Å². The summed E-state index contributed by atoms with van der Waals surface area (Å²) in [5, 5.41) is 4.38. The molecule has 25 heavy (non-hydrogen) atoms. The van der Waals surface area contributed by atoms with Crippen molar-refractivity contribution in [2.45, 2.75) is 6.18 Å². The first kappa shape index (κ1) is 16.9. The van der Waals surface area contributed by atoms with Gasteiger partial charge in [-0.05, 0) is 36.5 Å². The highest BCUT2D eigenvalue weighted by atomic mass is 32.1. The normalized spacial score (nSPS) is 15.0. The lowest BCUT2D eigenvalue weighted by Gasteiger charge is -2.15. The molecule has 1 aromatic carbocycles. The van der Waals surface area contributed by atoms with Gasteiger partial charge in [-0.25, -0.2) is 0 Å². The van der Waals surface area contributed by atoms with Crippen LogP contribution in [0.5, 0.6) is 0 Å². The highest BCUT2D eigenvalue weighted by molar-refractivity contribution is 7.80. The number of thiocarbonyl (C=S) groups is 1. The zero-order chi connectivity index (χ0) is 18.2. The Balaban J connectivity index is 1.97. The minimum Gasteiger partial charge on any atom is -0.457 e. The quantitative estimate of drug-likeness (QED) is 0.487. The average molecular weight is 366 g/mol. The van der Waals surface area contributed by atoms with Crippen LogP contribution in [-0.4, -0.2) is 16.9 Å². The van der Waals surface area contributed by atoms with E-state index in [4.69, 9.17) is 4.42 Å². The molecule has 0 bridgehead atoms. The Labute approximate surface area is 144 Å². The number of furan rings is 1. The Bertz CT molecular complexity index is 893. The third kappa shape index (κ3) is 3.45. The lowest BCUT2D eigenvalue weighted by Crippen LogP contribution is -2.51. The molecular formula is C16H9F3N2O3S. The second-order valence-electron chi connectivity index (χ2n) is 5.04. The van der Waals surface area contributed by atoms with Gasteiger partial charge >= 0.3 is 6.18 Å². The molecule has 1 aliphatic heterocycles. The fraction of sp³-hybridized carbons (Fsp3) is 0.0625. The molecule has 3 rings (SSSR count). The van der Waals surface area contributed by atoms with Gasteiger partial charge in [-0.3, -0.25) is 20.2 Å². The SMILES string of the molecule is O=C1NC(=S)NC(=O)C1=Cc1ccc(-c2ccccc2C(F)(F)F)o1. The highest BCUT2D eigenvalue weighted by Gasteiger charge is 2.34. The molecule has 1 aliphatic rings. The summed E-state index contributed by atoms with van der Waals surface area (Å²) in [7, 11) is 0. The molecule has 1 aromatic heterocycles. The van der Waals surface area contributed by atoms with E-state index in [0.29, 0.717) is 0 Å². The third-order valence-corrected chi connectivity index (χ3v) is 3.56. The van der Waals surface area contributed by atoms with E-state index >= 15 is 0 Å². The predicted octanol–water partition coefficient (Wildman–Crippen LogP) is 2.88. The molecule has 0 spiro atoms. The van der Waals surface area contributed by atoms with Gasteiger partial charge in [0, 0.05) is 5.56 Å². The first-order chi connectivity index (χ1) is 11.8. The summed E-state index contributed by atoms with van der Waals surface area (Å²) >= 11 is 4.67. The number of hydrogen-bond acceptors (Lipinski definition) is 4. The Morgan fingerprint density at radius 2 is 1.64 bits per heavy atom. The number of carbonyl (C=O) groups excluding carboxylic acids is 2. The van der Waals surface area contributed by atoms with E-state index in [-0.39, 0.29) is 27.8 Å². The number of halogens is 3. The van der Waals surface area contributed by atoms with Gasteiger partial charge in [-0.1, -0.05) is 18.2 Å². The molecule has 1 saturated heterocycles. The maximum absolute atomic E-state index is 13.1. The zero-order valence-corrected chi connectivity index (χ0v) is 13.1. The fourth-order valence-electron chi connectivity index (χ4n) is 2.27. The van der Waals surface area contributed by atoms with Crippen molar-refractivity contribution in [1.29, 1.82) is 0 Å². The van der Waals surface area contributed by atoms with Crippen molar-refractivity contribution >= 4 is 35.2 Å². The molecule has 5 nitrogen and oxygen atoms in total. The van der Waals surface area contributed by atoms with Crippen LogP contribution in [0.25, 0.3) is 17.4 Å². The van der Waals surface area contributed by atoms with Gasteiger partial charge < -0.3 is 4.42 Å². The van der Waals surface area contributed by atoms with Crippen molar-refractivity contribution in [3.05, 3.63) is 53.3 Å². The fourth-order valence-corrected chi connectivity index (χ4v) is 2.45. The number of alkyl halides is 3. The van der Waals surface area contributed by atoms with Gasteiger partial charge in [0.1, 0.15) is 17.1 Å². The number of nitrogens with one attached hydrogen (secondary N) is 2. The maximum Gasteiger partial charge on any atom is 0.417 e. The van der Waals surface area contributed by atoms with E-state index < -0.39 is 23.6 Å². The number of hydrogen-bond donors (Lipinski definition) is 2. The van der Waals surface area contributed by atoms with Crippen molar-refractivity contribution in [2.24, 2.45) is 0 Å².